The van der Waals surface area contributed by atoms with Crippen LogP contribution >= 0.6 is 0 Å². The predicted molar refractivity (Wildman–Crippen MR) is 65.1 cm³/mol. The first-order chi connectivity index (χ1) is 7.23. The lowest BCUT2D eigenvalue weighted by Gasteiger charge is -2.35. The Bertz CT molecular complexity index is 199. The van der Waals surface area contributed by atoms with Crippen molar-refractivity contribution in [3.05, 3.63) is 0 Å². The molecule has 1 aliphatic heterocycles. The monoisotopic (exact) mass is 210 g/mol. The lowest BCUT2D eigenvalue weighted by Crippen LogP contribution is -2.50. The van der Waals surface area contributed by atoms with Gasteiger partial charge in [0.1, 0.15) is 0 Å². The molecule has 1 saturated carbocycles. The second-order valence-corrected chi connectivity index (χ2v) is 5.60. The zero-order valence-corrected chi connectivity index (χ0v) is 10.4. The van der Waals surface area contributed by atoms with E-state index in [-0.39, 0.29) is 0 Å². The molecule has 2 aliphatic rings. The summed E-state index contributed by atoms with van der Waals surface area (Å²) in [6.45, 7) is 8.47. The van der Waals surface area contributed by atoms with E-state index in [0.29, 0.717) is 5.54 Å². The topological polar surface area (TPSA) is 15.3 Å². The molecule has 1 saturated heterocycles. The summed E-state index contributed by atoms with van der Waals surface area (Å²) in [4.78, 5) is 2.76. The molecular formula is C13H26N2. The van der Waals surface area contributed by atoms with E-state index in [2.05, 4.69) is 24.1 Å². The molecular weight excluding hydrogens is 184 g/mol. The fraction of sp³-hybridized carbons (Fsp3) is 1.00. The maximum absolute atomic E-state index is 3.72. The Hall–Kier alpha value is -0.0800. The third kappa shape index (κ3) is 2.73. The molecule has 1 unspecified atom stereocenters. The molecule has 2 heteroatoms. The number of hydrogen-bond donors (Lipinski definition) is 1. The predicted octanol–water partition coefficient (Wildman–Crippen LogP) is 2.39. The Morgan fingerprint density at radius 3 is 2.67 bits per heavy atom. The minimum absolute atomic E-state index is 0.360. The van der Waals surface area contributed by atoms with Gasteiger partial charge in [-0.15, -0.1) is 0 Å². The van der Waals surface area contributed by atoms with Crippen LogP contribution < -0.4 is 5.32 Å². The van der Waals surface area contributed by atoms with E-state index in [9.17, 15) is 0 Å². The van der Waals surface area contributed by atoms with E-state index in [1.165, 1.54) is 58.2 Å². The maximum Gasteiger partial charge on any atom is 0.0277 e. The van der Waals surface area contributed by atoms with Crippen molar-refractivity contribution in [3.8, 4) is 0 Å². The maximum atomic E-state index is 3.72. The van der Waals surface area contributed by atoms with Crippen LogP contribution in [0.1, 0.15) is 52.4 Å². The number of rotatable bonds is 2. The van der Waals surface area contributed by atoms with E-state index in [1.807, 2.05) is 0 Å². The normalized spacial score (nSPS) is 35.6. The smallest absolute Gasteiger partial charge is 0.0277 e. The van der Waals surface area contributed by atoms with Crippen molar-refractivity contribution < 1.29 is 0 Å². The first kappa shape index (κ1) is 11.4. The van der Waals surface area contributed by atoms with Gasteiger partial charge in [0.05, 0.1) is 0 Å². The molecule has 2 fully saturated rings. The van der Waals surface area contributed by atoms with Crippen molar-refractivity contribution in [3.63, 3.8) is 0 Å². The number of nitrogens with one attached hydrogen (secondary N) is 1. The van der Waals surface area contributed by atoms with E-state index >= 15 is 0 Å². The molecule has 0 aromatic heterocycles. The lowest BCUT2D eigenvalue weighted by molar-refractivity contribution is 0.161. The molecule has 1 heterocycles. The molecule has 0 radical (unpaired) electrons. The second kappa shape index (κ2) is 4.84. The van der Waals surface area contributed by atoms with Crippen LogP contribution in [0.2, 0.25) is 0 Å². The summed E-state index contributed by atoms with van der Waals surface area (Å²) in [5.41, 5.74) is 0.360. The van der Waals surface area contributed by atoms with Gasteiger partial charge in [0.15, 0.2) is 0 Å². The van der Waals surface area contributed by atoms with Crippen LogP contribution in [0.3, 0.4) is 0 Å². The van der Waals surface area contributed by atoms with Gasteiger partial charge in [-0.05, 0) is 45.7 Å². The quantitative estimate of drug-likeness (QED) is 0.753. The Balaban J connectivity index is 1.98. The van der Waals surface area contributed by atoms with E-state index in [1.54, 1.807) is 0 Å². The van der Waals surface area contributed by atoms with Gasteiger partial charge < -0.3 is 5.32 Å². The third-order valence-corrected chi connectivity index (χ3v) is 4.35. The summed E-state index contributed by atoms with van der Waals surface area (Å²) >= 11 is 0. The molecule has 0 amide bonds. The van der Waals surface area contributed by atoms with Crippen LogP contribution in [0.15, 0.2) is 0 Å². The molecule has 0 spiro atoms. The summed E-state index contributed by atoms with van der Waals surface area (Å²) in [6, 6.07) is 0.899. The van der Waals surface area contributed by atoms with Crippen molar-refractivity contribution >= 4 is 0 Å². The SMILES string of the molecule is CCC1(C)CN(C2CCCC2)CCCN1. The van der Waals surface area contributed by atoms with Crippen molar-refractivity contribution in [2.45, 2.75) is 64.0 Å². The fourth-order valence-corrected chi connectivity index (χ4v) is 3.07. The van der Waals surface area contributed by atoms with Crippen molar-refractivity contribution in [2.24, 2.45) is 0 Å². The molecule has 1 aliphatic carbocycles. The average Bonchev–Trinajstić information content (AvgIpc) is 2.69. The van der Waals surface area contributed by atoms with Gasteiger partial charge in [0.25, 0.3) is 0 Å². The van der Waals surface area contributed by atoms with Gasteiger partial charge in [-0.2, -0.15) is 0 Å². The van der Waals surface area contributed by atoms with Crippen LogP contribution in [0.4, 0.5) is 0 Å². The summed E-state index contributed by atoms with van der Waals surface area (Å²) in [5, 5.41) is 3.72. The first-order valence-electron chi connectivity index (χ1n) is 6.72. The zero-order chi connectivity index (χ0) is 10.7. The standard InChI is InChI=1S/C13H26N2/c1-3-13(2)11-15(10-6-9-14-13)12-7-4-5-8-12/h12,14H,3-11H2,1-2H3. The molecule has 2 rings (SSSR count). The van der Waals surface area contributed by atoms with Gasteiger partial charge in [-0.1, -0.05) is 19.8 Å². The Morgan fingerprint density at radius 1 is 1.27 bits per heavy atom. The van der Waals surface area contributed by atoms with Gasteiger partial charge >= 0.3 is 0 Å². The van der Waals surface area contributed by atoms with Crippen molar-refractivity contribution in [2.75, 3.05) is 19.6 Å². The second-order valence-electron chi connectivity index (χ2n) is 5.60. The van der Waals surface area contributed by atoms with Crippen LogP contribution in [0, 0.1) is 0 Å². The molecule has 1 N–H and O–H groups in total. The molecule has 15 heavy (non-hydrogen) atoms. The van der Waals surface area contributed by atoms with E-state index < -0.39 is 0 Å². The molecule has 0 bridgehead atoms. The van der Waals surface area contributed by atoms with Crippen LogP contribution in [0.5, 0.6) is 0 Å². The van der Waals surface area contributed by atoms with Gasteiger partial charge in [0, 0.05) is 18.1 Å². The van der Waals surface area contributed by atoms with E-state index in [0.717, 1.165) is 6.04 Å². The molecule has 2 nitrogen and oxygen atoms in total. The summed E-state index contributed by atoms with van der Waals surface area (Å²) in [5.74, 6) is 0. The number of hydrogen-bond acceptors (Lipinski definition) is 2. The highest BCUT2D eigenvalue weighted by Gasteiger charge is 2.31. The van der Waals surface area contributed by atoms with E-state index in [4.69, 9.17) is 0 Å². The molecule has 0 aromatic carbocycles. The van der Waals surface area contributed by atoms with Gasteiger partial charge in [-0.25, -0.2) is 0 Å². The first-order valence-corrected chi connectivity index (χ1v) is 6.72. The Morgan fingerprint density at radius 2 is 2.00 bits per heavy atom. The summed E-state index contributed by atoms with van der Waals surface area (Å²) in [6.07, 6.45) is 8.37. The van der Waals surface area contributed by atoms with Gasteiger partial charge in [-0.3, -0.25) is 4.90 Å². The Kier molecular flexibility index (Phi) is 3.68. The highest BCUT2D eigenvalue weighted by atomic mass is 15.2. The fourth-order valence-electron chi connectivity index (χ4n) is 3.07. The molecule has 0 aromatic rings. The highest BCUT2D eigenvalue weighted by molar-refractivity contribution is 4.91. The van der Waals surface area contributed by atoms with Crippen molar-refractivity contribution in [1.29, 1.82) is 0 Å². The lowest BCUT2D eigenvalue weighted by atomic mass is 9.97. The number of nitrogens with zero attached hydrogens (tertiary/aromatic N) is 1. The molecule has 88 valence electrons. The largest absolute Gasteiger partial charge is 0.310 e. The van der Waals surface area contributed by atoms with Crippen LogP contribution in [0.25, 0.3) is 0 Å². The van der Waals surface area contributed by atoms with Gasteiger partial charge in [0.2, 0.25) is 0 Å². The minimum atomic E-state index is 0.360. The highest BCUT2D eigenvalue weighted by Crippen LogP contribution is 2.26. The van der Waals surface area contributed by atoms with Crippen LogP contribution in [-0.4, -0.2) is 36.1 Å². The minimum Gasteiger partial charge on any atom is -0.310 e. The zero-order valence-electron chi connectivity index (χ0n) is 10.4. The van der Waals surface area contributed by atoms with Crippen molar-refractivity contribution in [1.82, 2.24) is 10.2 Å². The average molecular weight is 210 g/mol. The summed E-state index contributed by atoms with van der Waals surface area (Å²) in [7, 11) is 0. The molecule has 1 atom stereocenters. The van der Waals surface area contributed by atoms with Crippen LogP contribution in [-0.2, 0) is 0 Å². The summed E-state index contributed by atoms with van der Waals surface area (Å²) < 4.78 is 0. The Labute approximate surface area is 94.4 Å². The third-order valence-electron chi connectivity index (χ3n) is 4.35.